The first-order valence-corrected chi connectivity index (χ1v) is 8.83. The van der Waals surface area contributed by atoms with E-state index in [-0.39, 0.29) is 5.69 Å². The number of fused-ring (bicyclic) bond motifs is 1. The molecule has 0 spiro atoms. The second-order valence-electron chi connectivity index (χ2n) is 6.65. The van der Waals surface area contributed by atoms with E-state index in [9.17, 15) is 22.0 Å². The SMILES string of the molecule is Fc1ccc(-n2nc(-c3cccc(C(F)(F)F)c3)c3c2NCCCC3)c(F)c1. The lowest BCUT2D eigenvalue weighted by molar-refractivity contribution is -0.137. The van der Waals surface area contributed by atoms with Crippen molar-refractivity contribution in [2.24, 2.45) is 0 Å². The molecule has 1 aliphatic heterocycles. The summed E-state index contributed by atoms with van der Waals surface area (Å²) in [6, 6.07) is 8.05. The highest BCUT2D eigenvalue weighted by Crippen LogP contribution is 2.37. The van der Waals surface area contributed by atoms with Crippen LogP contribution >= 0.6 is 0 Å². The molecule has 0 saturated carbocycles. The van der Waals surface area contributed by atoms with Gasteiger partial charge in [-0.25, -0.2) is 13.5 Å². The van der Waals surface area contributed by atoms with Crippen LogP contribution in [0.15, 0.2) is 42.5 Å². The van der Waals surface area contributed by atoms with E-state index in [1.165, 1.54) is 16.8 Å². The topological polar surface area (TPSA) is 29.9 Å². The molecule has 0 aliphatic carbocycles. The molecule has 1 N–H and O–H groups in total. The first-order chi connectivity index (χ1) is 13.3. The van der Waals surface area contributed by atoms with Gasteiger partial charge in [0.15, 0.2) is 5.82 Å². The first kappa shape index (κ1) is 18.5. The van der Waals surface area contributed by atoms with E-state index in [0.29, 0.717) is 30.0 Å². The van der Waals surface area contributed by atoms with Crippen molar-refractivity contribution in [3.8, 4) is 16.9 Å². The Morgan fingerprint density at radius 3 is 2.57 bits per heavy atom. The van der Waals surface area contributed by atoms with Crippen molar-refractivity contribution in [2.45, 2.75) is 25.4 Å². The van der Waals surface area contributed by atoms with E-state index in [0.717, 1.165) is 42.7 Å². The van der Waals surface area contributed by atoms with E-state index in [1.807, 2.05) is 0 Å². The summed E-state index contributed by atoms with van der Waals surface area (Å²) in [5, 5.41) is 7.60. The number of benzene rings is 2. The van der Waals surface area contributed by atoms with E-state index >= 15 is 0 Å². The van der Waals surface area contributed by atoms with Crippen molar-refractivity contribution in [2.75, 3.05) is 11.9 Å². The quantitative estimate of drug-likeness (QED) is 0.576. The van der Waals surface area contributed by atoms with E-state index < -0.39 is 23.4 Å². The third-order valence-corrected chi connectivity index (χ3v) is 4.73. The molecule has 1 aliphatic rings. The predicted octanol–water partition coefficient (Wildman–Crippen LogP) is 5.58. The summed E-state index contributed by atoms with van der Waals surface area (Å²) >= 11 is 0. The first-order valence-electron chi connectivity index (χ1n) is 8.83. The summed E-state index contributed by atoms with van der Waals surface area (Å²) in [5.74, 6) is -0.993. The Kier molecular flexibility index (Phi) is 4.56. The summed E-state index contributed by atoms with van der Waals surface area (Å²) in [7, 11) is 0. The summed E-state index contributed by atoms with van der Waals surface area (Å²) in [6.45, 7) is 0.629. The van der Waals surface area contributed by atoms with E-state index in [4.69, 9.17) is 0 Å². The van der Waals surface area contributed by atoms with E-state index in [2.05, 4.69) is 10.4 Å². The number of rotatable bonds is 2. The van der Waals surface area contributed by atoms with Crippen molar-refractivity contribution in [3.63, 3.8) is 0 Å². The number of hydrogen-bond acceptors (Lipinski definition) is 2. The Hall–Kier alpha value is -2.90. The number of alkyl halides is 3. The van der Waals surface area contributed by atoms with Gasteiger partial charge in [0.2, 0.25) is 0 Å². The van der Waals surface area contributed by atoms with Gasteiger partial charge in [-0.2, -0.15) is 18.3 Å². The summed E-state index contributed by atoms with van der Waals surface area (Å²) < 4.78 is 68.4. The van der Waals surface area contributed by atoms with Crippen LogP contribution in [-0.2, 0) is 12.6 Å². The molecule has 0 atom stereocenters. The zero-order valence-corrected chi connectivity index (χ0v) is 14.7. The molecule has 28 heavy (non-hydrogen) atoms. The molecular formula is C20H16F5N3. The number of halogens is 5. The van der Waals surface area contributed by atoms with Crippen LogP contribution in [0, 0.1) is 11.6 Å². The van der Waals surface area contributed by atoms with Crippen molar-refractivity contribution in [1.82, 2.24) is 9.78 Å². The summed E-state index contributed by atoms with van der Waals surface area (Å²) in [5.41, 5.74) is 0.643. The lowest BCUT2D eigenvalue weighted by atomic mass is 10.0. The molecule has 0 saturated heterocycles. The van der Waals surface area contributed by atoms with Crippen LogP contribution in [0.4, 0.5) is 27.8 Å². The number of aromatic nitrogens is 2. The monoisotopic (exact) mass is 393 g/mol. The fourth-order valence-electron chi connectivity index (χ4n) is 3.40. The summed E-state index contributed by atoms with van der Waals surface area (Å²) in [6.07, 6.45) is -2.19. The van der Waals surface area contributed by atoms with Crippen LogP contribution in [0.25, 0.3) is 16.9 Å². The van der Waals surface area contributed by atoms with Crippen LogP contribution in [0.5, 0.6) is 0 Å². The van der Waals surface area contributed by atoms with Crippen LogP contribution in [0.3, 0.4) is 0 Å². The number of anilines is 1. The molecule has 8 heteroatoms. The van der Waals surface area contributed by atoms with Gasteiger partial charge in [0.05, 0.1) is 11.3 Å². The highest BCUT2D eigenvalue weighted by Gasteiger charge is 2.31. The fraction of sp³-hybridized carbons (Fsp3) is 0.250. The van der Waals surface area contributed by atoms with Crippen LogP contribution in [-0.4, -0.2) is 16.3 Å². The zero-order valence-electron chi connectivity index (χ0n) is 14.7. The van der Waals surface area contributed by atoms with Gasteiger partial charge < -0.3 is 5.32 Å². The molecule has 0 radical (unpaired) electrons. The maximum Gasteiger partial charge on any atom is 0.416 e. The standard InChI is InChI=1S/C20H16F5N3/c21-14-7-8-17(16(22)11-14)28-19-15(6-1-2-9-26-19)18(27-28)12-4-3-5-13(10-12)20(23,24)25/h3-5,7-8,10-11,26H,1-2,6,9H2. The normalized spacial score (nSPS) is 14.3. The minimum atomic E-state index is -4.48. The molecule has 2 aromatic carbocycles. The average molecular weight is 393 g/mol. The predicted molar refractivity (Wildman–Crippen MR) is 95.3 cm³/mol. The smallest absolute Gasteiger partial charge is 0.370 e. The maximum absolute atomic E-state index is 14.4. The van der Waals surface area contributed by atoms with Crippen LogP contribution in [0.1, 0.15) is 24.0 Å². The molecule has 0 bridgehead atoms. The second-order valence-corrected chi connectivity index (χ2v) is 6.65. The molecule has 0 unspecified atom stereocenters. The largest absolute Gasteiger partial charge is 0.416 e. The molecule has 1 aromatic heterocycles. The number of hydrogen-bond donors (Lipinski definition) is 1. The highest BCUT2D eigenvalue weighted by atomic mass is 19.4. The van der Waals surface area contributed by atoms with Crippen LogP contribution < -0.4 is 5.32 Å². The minimum absolute atomic E-state index is 0.0327. The third-order valence-electron chi connectivity index (χ3n) is 4.73. The minimum Gasteiger partial charge on any atom is -0.370 e. The molecule has 2 heterocycles. The molecule has 0 fully saturated rings. The van der Waals surface area contributed by atoms with Crippen molar-refractivity contribution >= 4 is 5.82 Å². The molecule has 146 valence electrons. The van der Waals surface area contributed by atoms with Crippen molar-refractivity contribution in [3.05, 3.63) is 65.2 Å². The van der Waals surface area contributed by atoms with Gasteiger partial charge in [-0.15, -0.1) is 0 Å². The molecule has 3 aromatic rings. The van der Waals surface area contributed by atoms with Gasteiger partial charge in [-0.05, 0) is 43.5 Å². The van der Waals surface area contributed by atoms with Gasteiger partial charge in [0.25, 0.3) is 0 Å². The average Bonchev–Trinajstić information content (AvgIpc) is 2.83. The van der Waals surface area contributed by atoms with E-state index in [1.54, 1.807) is 6.07 Å². The van der Waals surface area contributed by atoms with Gasteiger partial charge >= 0.3 is 6.18 Å². The third kappa shape index (κ3) is 3.34. The number of nitrogens with zero attached hydrogens (tertiary/aromatic N) is 2. The molecule has 4 rings (SSSR count). The Balaban J connectivity index is 1.91. The Bertz CT molecular complexity index is 1020. The summed E-state index contributed by atoms with van der Waals surface area (Å²) in [4.78, 5) is 0. The maximum atomic E-state index is 14.4. The lowest BCUT2D eigenvalue weighted by Crippen LogP contribution is -2.08. The Morgan fingerprint density at radius 2 is 1.82 bits per heavy atom. The van der Waals surface area contributed by atoms with Crippen LogP contribution in [0.2, 0.25) is 0 Å². The second kappa shape index (κ2) is 6.92. The molecule has 0 amide bonds. The zero-order chi connectivity index (χ0) is 19.9. The Morgan fingerprint density at radius 1 is 1.00 bits per heavy atom. The fourth-order valence-corrected chi connectivity index (χ4v) is 3.40. The van der Waals surface area contributed by atoms with Gasteiger partial charge in [0, 0.05) is 23.7 Å². The molecule has 3 nitrogen and oxygen atoms in total. The number of nitrogens with one attached hydrogen (secondary N) is 1. The van der Waals surface area contributed by atoms with Crippen molar-refractivity contribution < 1.29 is 22.0 Å². The van der Waals surface area contributed by atoms with Gasteiger partial charge in [-0.3, -0.25) is 0 Å². The van der Waals surface area contributed by atoms with Gasteiger partial charge in [0.1, 0.15) is 17.3 Å². The van der Waals surface area contributed by atoms with Gasteiger partial charge in [-0.1, -0.05) is 12.1 Å². The van der Waals surface area contributed by atoms with Crippen molar-refractivity contribution in [1.29, 1.82) is 0 Å². The Labute approximate surface area is 157 Å². The molecular weight excluding hydrogens is 377 g/mol. The lowest BCUT2D eigenvalue weighted by Gasteiger charge is -2.10. The highest BCUT2D eigenvalue weighted by molar-refractivity contribution is 5.72.